The Balaban J connectivity index is 3.16. The number of carbonyl (C=O) groups is 1. The van der Waals surface area contributed by atoms with Gasteiger partial charge in [-0.3, -0.25) is 4.79 Å². The van der Waals surface area contributed by atoms with Crippen molar-refractivity contribution in [1.82, 2.24) is 0 Å². The number of phenols is 1. The maximum absolute atomic E-state index is 10.7. The number of hydrogen-bond acceptors (Lipinski definition) is 3. The van der Waals surface area contributed by atoms with Crippen LogP contribution in [0.15, 0.2) is 12.1 Å². The summed E-state index contributed by atoms with van der Waals surface area (Å²) in [4.78, 5) is 10.7. The van der Waals surface area contributed by atoms with E-state index in [0.29, 0.717) is 17.4 Å². The van der Waals surface area contributed by atoms with E-state index in [9.17, 15) is 9.90 Å². The molecule has 0 spiro atoms. The number of aldehydes is 1. The topological polar surface area (TPSA) is 63.3 Å². The van der Waals surface area contributed by atoms with Crippen molar-refractivity contribution in [1.29, 1.82) is 0 Å². The minimum absolute atomic E-state index is 0.0246. The molecule has 0 fully saturated rings. The molecule has 1 aromatic carbocycles. The van der Waals surface area contributed by atoms with Crippen molar-refractivity contribution >= 4 is 6.29 Å². The lowest BCUT2D eigenvalue weighted by molar-refractivity contribution is 0.112. The lowest BCUT2D eigenvalue weighted by Crippen LogP contribution is -2.11. The molecule has 0 radical (unpaired) electrons. The molecule has 0 aromatic heterocycles. The van der Waals surface area contributed by atoms with Gasteiger partial charge in [-0.2, -0.15) is 0 Å². The lowest BCUT2D eigenvalue weighted by atomic mass is 9.97. The van der Waals surface area contributed by atoms with E-state index >= 15 is 0 Å². The van der Waals surface area contributed by atoms with Crippen LogP contribution in [0.3, 0.4) is 0 Å². The van der Waals surface area contributed by atoms with Gasteiger partial charge in [-0.1, -0.05) is 19.4 Å². The van der Waals surface area contributed by atoms with Crippen LogP contribution in [0.1, 0.15) is 47.3 Å². The second-order valence-electron chi connectivity index (χ2n) is 3.81. The fourth-order valence-corrected chi connectivity index (χ4v) is 1.67. The number of nitrogens with two attached hydrogens (primary N) is 1. The summed E-state index contributed by atoms with van der Waals surface area (Å²) >= 11 is 0. The first-order valence-electron chi connectivity index (χ1n) is 5.14. The van der Waals surface area contributed by atoms with Crippen LogP contribution in [-0.2, 0) is 0 Å². The molecule has 1 rings (SSSR count). The van der Waals surface area contributed by atoms with Gasteiger partial charge in [0.1, 0.15) is 5.75 Å². The van der Waals surface area contributed by atoms with Crippen molar-refractivity contribution in [3.63, 3.8) is 0 Å². The van der Waals surface area contributed by atoms with Crippen molar-refractivity contribution in [2.24, 2.45) is 5.73 Å². The van der Waals surface area contributed by atoms with Crippen molar-refractivity contribution in [3.8, 4) is 5.75 Å². The lowest BCUT2D eigenvalue weighted by Gasteiger charge is -2.14. The van der Waals surface area contributed by atoms with Gasteiger partial charge in [0, 0.05) is 11.6 Å². The van der Waals surface area contributed by atoms with Crippen LogP contribution < -0.4 is 5.73 Å². The second-order valence-corrected chi connectivity index (χ2v) is 3.81. The maximum Gasteiger partial charge on any atom is 0.153 e. The van der Waals surface area contributed by atoms with Gasteiger partial charge >= 0.3 is 0 Å². The molecule has 1 atom stereocenters. The Morgan fingerprint density at radius 3 is 2.73 bits per heavy atom. The van der Waals surface area contributed by atoms with Gasteiger partial charge in [0.25, 0.3) is 0 Å². The Bertz CT molecular complexity index is 361. The van der Waals surface area contributed by atoms with Gasteiger partial charge in [0.05, 0.1) is 5.56 Å². The number of aromatic hydroxyl groups is 1. The highest BCUT2D eigenvalue weighted by atomic mass is 16.3. The summed E-state index contributed by atoms with van der Waals surface area (Å²) in [7, 11) is 0. The van der Waals surface area contributed by atoms with Crippen LogP contribution in [0, 0.1) is 6.92 Å². The molecule has 0 unspecified atom stereocenters. The van der Waals surface area contributed by atoms with E-state index in [2.05, 4.69) is 0 Å². The number of hydrogen-bond donors (Lipinski definition) is 2. The Kier molecular flexibility index (Phi) is 3.86. The summed E-state index contributed by atoms with van der Waals surface area (Å²) in [5.41, 5.74) is 7.85. The van der Waals surface area contributed by atoms with E-state index in [0.717, 1.165) is 18.4 Å². The molecule has 1 aromatic rings. The largest absolute Gasteiger partial charge is 0.507 e. The molecule has 0 amide bonds. The van der Waals surface area contributed by atoms with Crippen molar-refractivity contribution in [2.45, 2.75) is 32.7 Å². The maximum atomic E-state index is 10.7. The molecule has 0 aliphatic rings. The molecule has 15 heavy (non-hydrogen) atoms. The Morgan fingerprint density at radius 1 is 1.53 bits per heavy atom. The minimum Gasteiger partial charge on any atom is -0.507 e. The van der Waals surface area contributed by atoms with E-state index in [1.165, 1.54) is 0 Å². The number of carbonyl (C=O) groups excluding carboxylic acids is 1. The van der Waals surface area contributed by atoms with Gasteiger partial charge in [-0.25, -0.2) is 0 Å². The van der Waals surface area contributed by atoms with Crippen LogP contribution in [0.4, 0.5) is 0 Å². The van der Waals surface area contributed by atoms with Gasteiger partial charge in [-0.15, -0.1) is 0 Å². The van der Waals surface area contributed by atoms with E-state index in [1.54, 1.807) is 6.07 Å². The monoisotopic (exact) mass is 207 g/mol. The highest BCUT2D eigenvalue weighted by Crippen LogP contribution is 2.29. The fourth-order valence-electron chi connectivity index (χ4n) is 1.67. The highest BCUT2D eigenvalue weighted by molar-refractivity contribution is 5.80. The summed E-state index contributed by atoms with van der Waals surface area (Å²) in [5.74, 6) is 0.0246. The zero-order valence-corrected chi connectivity index (χ0v) is 9.16. The van der Waals surface area contributed by atoms with Crippen molar-refractivity contribution in [2.75, 3.05) is 0 Å². The average molecular weight is 207 g/mol. The van der Waals surface area contributed by atoms with Crippen molar-refractivity contribution < 1.29 is 9.90 Å². The van der Waals surface area contributed by atoms with E-state index in [1.807, 2.05) is 19.9 Å². The van der Waals surface area contributed by atoms with Crippen LogP contribution in [0.25, 0.3) is 0 Å². The fraction of sp³-hybridized carbons (Fsp3) is 0.417. The average Bonchev–Trinajstić information content (AvgIpc) is 2.21. The summed E-state index contributed by atoms with van der Waals surface area (Å²) < 4.78 is 0. The highest BCUT2D eigenvalue weighted by Gasteiger charge is 2.13. The van der Waals surface area contributed by atoms with Crippen LogP contribution in [0.5, 0.6) is 5.75 Å². The smallest absolute Gasteiger partial charge is 0.153 e. The predicted molar refractivity (Wildman–Crippen MR) is 60.1 cm³/mol. The van der Waals surface area contributed by atoms with E-state index in [4.69, 9.17) is 5.73 Å². The third-order valence-electron chi connectivity index (χ3n) is 2.44. The first-order valence-corrected chi connectivity index (χ1v) is 5.14. The first kappa shape index (κ1) is 11.7. The summed E-state index contributed by atoms with van der Waals surface area (Å²) in [6.45, 7) is 3.92. The van der Waals surface area contributed by atoms with Crippen LogP contribution in [0.2, 0.25) is 0 Å². The van der Waals surface area contributed by atoms with E-state index in [-0.39, 0.29) is 11.8 Å². The molecule has 3 heteroatoms. The van der Waals surface area contributed by atoms with Crippen LogP contribution in [-0.4, -0.2) is 11.4 Å². The van der Waals surface area contributed by atoms with Gasteiger partial charge in [0.15, 0.2) is 6.29 Å². The molecule has 82 valence electrons. The summed E-state index contributed by atoms with van der Waals surface area (Å²) in [6.07, 6.45) is 2.41. The number of benzene rings is 1. The Labute approximate surface area is 89.9 Å². The number of phenolic OH excluding ortho intramolecular Hbond substituents is 1. The normalized spacial score (nSPS) is 12.5. The standard InChI is InChI=1S/C12H17NO2/c1-3-4-11(13)10-6-8(2)5-9(7-14)12(10)15/h5-7,11,15H,3-4,13H2,1-2H3/t11-/m0/s1. The molecule has 3 N–H and O–H groups in total. The Morgan fingerprint density at radius 2 is 2.20 bits per heavy atom. The van der Waals surface area contributed by atoms with Gasteiger partial charge in [-0.05, 0) is 25.0 Å². The second kappa shape index (κ2) is 4.94. The molecule has 0 bridgehead atoms. The molecule has 0 aliphatic carbocycles. The predicted octanol–water partition coefficient (Wildman–Crippen LogP) is 2.31. The van der Waals surface area contributed by atoms with Crippen LogP contribution >= 0.6 is 0 Å². The molecular weight excluding hydrogens is 190 g/mol. The SMILES string of the molecule is CCC[C@H](N)c1cc(C)cc(C=O)c1O. The molecule has 3 nitrogen and oxygen atoms in total. The number of aryl methyl sites for hydroxylation is 1. The molecule has 0 aliphatic heterocycles. The quantitative estimate of drug-likeness (QED) is 0.745. The summed E-state index contributed by atoms with van der Waals surface area (Å²) in [5, 5.41) is 9.80. The molecule has 0 saturated carbocycles. The molecule has 0 heterocycles. The molecule has 0 saturated heterocycles. The first-order chi connectivity index (χ1) is 7.10. The zero-order valence-electron chi connectivity index (χ0n) is 9.16. The van der Waals surface area contributed by atoms with Gasteiger partial charge in [0.2, 0.25) is 0 Å². The van der Waals surface area contributed by atoms with Crippen molar-refractivity contribution in [3.05, 3.63) is 28.8 Å². The Hall–Kier alpha value is -1.35. The van der Waals surface area contributed by atoms with E-state index < -0.39 is 0 Å². The molecular formula is C12H17NO2. The zero-order chi connectivity index (χ0) is 11.4. The third-order valence-corrected chi connectivity index (χ3v) is 2.44. The minimum atomic E-state index is -0.200. The number of rotatable bonds is 4. The summed E-state index contributed by atoms with van der Waals surface area (Å²) in [6, 6.07) is 3.29. The van der Waals surface area contributed by atoms with Gasteiger partial charge < -0.3 is 10.8 Å². The third kappa shape index (κ3) is 2.57.